The average molecular weight is 311 g/mol. The Morgan fingerprint density at radius 2 is 2.11 bits per heavy atom. The van der Waals surface area contributed by atoms with Crippen molar-refractivity contribution in [2.45, 2.75) is 33.4 Å². The maximum Gasteiger partial charge on any atom is 0.240 e. The lowest BCUT2D eigenvalue weighted by Crippen LogP contribution is -2.46. The van der Waals surface area contributed by atoms with Crippen molar-refractivity contribution in [1.82, 2.24) is 4.90 Å². The fourth-order valence-electron chi connectivity index (χ4n) is 1.47. The highest BCUT2D eigenvalue weighted by atomic mass is 35.5. The first kappa shape index (κ1) is 17.7. The molecular formula is C12H20Cl2N2OS. The van der Waals surface area contributed by atoms with Gasteiger partial charge in [-0.2, -0.15) is 0 Å². The van der Waals surface area contributed by atoms with Crippen LogP contribution < -0.4 is 5.73 Å². The second kappa shape index (κ2) is 8.00. The normalized spacial score (nSPS) is 12.1. The summed E-state index contributed by atoms with van der Waals surface area (Å²) in [5.74, 6) is 0.162. The second-order valence-corrected chi connectivity index (χ2v) is 6.13. The maximum atomic E-state index is 12.1. The van der Waals surface area contributed by atoms with E-state index in [0.29, 0.717) is 13.1 Å². The molecule has 0 aliphatic heterocycles. The monoisotopic (exact) mass is 310 g/mol. The molecule has 2 N–H and O–H groups in total. The number of hydrogen-bond donors (Lipinski definition) is 1. The molecular weight excluding hydrogens is 291 g/mol. The van der Waals surface area contributed by atoms with Crippen LogP contribution in [0.15, 0.2) is 12.1 Å². The summed E-state index contributed by atoms with van der Waals surface area (Å²) in [4.78, 5) is 15.0. The number of thiophene rings is 1. The maximum absolute atomic E-state index is 12.1. The lowest BCUT2D eigenvalue weighted by Gasteiger charge is -2.25. The molecule has 0 aliphatic rings. The summed E-state index contributed by atoms with van der Waals surface area (Å²) in [6.07, 6.45) is 0. The Bertz CT molecular complexity index is 382. The second-order valence-electron chi connectivity index (χ2n) is 4.33. The third-order valence-electron chi connectivity index (χ3n) is 2.67. The van der Waals surface area contributed by atoms with Gasteiger partial charge >= 0.3 is 0 Å². The summed E-state index contributed by atoms with van der Waals surface area (Å²) >= 11 is 7.37. The van der Waals surface area contributed by atoms with Gasteiger partial charge in [-0.1, -0.05) is 25.4 Å². The Morgan fingerprint density at radius 1 is 1.50 bits per heavy atom. The first-order valence-electron chi connectivity index (χ1n) is 5.74. The van der Waals surface area contributed by atoms with Crippen molar-refractivity contribution >= 4 is 41.3 Å². The van der Waals surface area contributed by atoms with Crippen LogP contribution in [0, 0.1) is 5.92 Å². The van der Waals surface area contributed by atoms with Crippen LogP contribution in [0.2, 0.25) is 4.34 Å². The Kier molecular flexibility index (Phi) is 7.87. The molecule has 0 bridgehead atoms. The topological polar surface area (TPSA) is 46.3 Å². The van der Waals surface area contributed by atoms with Crippen molar-refractivity contribution in [2.24, 2.45) is 11.7 Å². The van der Waals surface area contributed by atoms with Gasteiger partial charge in [-0.3, -0.25) is 4.79 Å². The van der Waals surface area contributed by atoms with Crippen LogP contribution in [0.3, 0.4) is 0 Å². The van der Waals surface area contributed by atoms with Gasteiger partial charge in [0, 0.05) is 11.4 Å². The average Bonchev–Trinajstić information content (AvgIpc) is 2.69. The summed E-state index contributed by atoms with van der Waals surface area (Å²) in [7, 11) is 0. The van der Waals surface area contributed by atoms with E-state index in [1.165, 1.54) is 11.3 Å². The van der Waals surface area contributed by atoms with Crippen LogP contribution in [0.1, 0.15) is 25.6 Å². The molecule has 0 radical (unpaired) electrons. The Balaban J connectivity index is 0.00000289. The summed E-state index contributed by atoms with van der Waals surface area (Å²) in [5, 5.41) is 0. The number of carbonyl (C=O) groups excluding carboxylic acids is 1. The van der Waals surface area contributed by atoms with E-state index in [4.69, 9.17) is 17.3 Å². The van der Waals surface area contributed by atoms with E-state index in [-0.39, 0.29) is 24.2 Å². The molecule has 1 atom stereocenters. The number of nitrogens with zero attached hydrogens (tertiary/aromatic N) is 1. The molecule has 18 heavy (non-hydrogen) atoms. The Morgan fingerprint density at radius 3 is 2.50 bits per heavy atom. The van der Waals surface area contributed by atoms with Gasteiger partial charge in [-0.05, 0) is 25.0 Å². The van der Waals surface area contributed by atoms with E-state index < -0.39 is 6.04 Å². The highest BCUT2D eigenvalue weighted by Gasteiger charge is 2.22. The van der Waals surface area contributed by atoms with E-state index >= 15 is 0 Å². The predicted molar refractivity (Wildman–Crippen MR) is 80.5 cm³/mol. The molecule has 3 nitrogen and oxygen atoms in total. The van der Waals surface area contributed by atoms with E-state index in [0.717, 1.165) is 9.21 Å². The number of nitrogens with two attached hydrogens (primary N) is 1. The highest BCUT2D eigenvalue weighted by molar-refractivity contribution is 7.16. The standard InChI is InChI=1S/C12H19ClN2OS.ClH/c1-4-15(12(16)11(14)8(2)3)7-9-5-6-10(13)17-9;/h5-6,8,11H,4,7,14H2,1-3H3;1H. The molecule has 1 heterocycles. The minimum absolute atomic E-state index is 0. The lowest BCUT2D eigenvalue weighted by atomic mass is 10.0. The summed E-state index contributed by atoms with van der Waals surface area (Å²) in [5.41, 5.74) is 5.88. The van der Waals surface area contributed by atoms with Crippen LogP contribution >= 0.6 is 35.3 Å². The van der Waals surface area contributed by atoms with Crippen molar-refractivity contribution < 1.29 is 4.79 Å². The van der Waals surface area contributed by atoms with Crippen molar-refractivity contribution in [3.05, 3.63) is 21.3 Å². The quantitative estimate of drug-likeness (QED) is 0.908. The summed E-state index contributed by atoms with van der Waals surface area (Å²) in [6, 6.07) is 3.37. The molecule has 0 aromatic carbocycles. The third-order valence-corrected chi connectivity index (χ3v) is 3.89. The molecule has 0 spiro atoms. The number of halogens is 2. The minimum atomic E-state index is -0.426. The fraction of sp³-hybridized carbons (Fsp3) is 0.583. The van der Waals surface area contributed by atoms with Gasteiger partial charge < -0.3 is 10.6 Å². The Hall–Kier alpha value is -0.290. The van der Waals surface area contributed by atoms with E-state index in [2.05, 4.69) is 0 Å². The zero-order chi connectivity index (χ0) is 13.0. The molecule has 0 fully saturated rings. The van der Waals surface area contributed by atoms with Gasteiger partial charge in [0.05, 0.1) is 16.9 Å². The smallest absolute Gasteiger partial charge is 0.240 e. The lowest BCUT2D eigenvalue weighted by molar-refractivity contribution is -0.133. The zero-order valence-electron chi connectivity index (χ0n) is 10.9. The number of likely N-dealkylation sites (N-methyl/N-ethyl adjacent to an activating group) is 1. The molecule has 6 heteroatoms. The Labute approximate surface area is 124 Å². The predicted octanol–water partition coefficient (Wildman–Crippen LogP) is 3.16. The van der Waals surface area contributed by atoms with Gasteiger partial charge in [-0.15, -0.1) is 23.7 Å². The largest absolute Gasteiger partial charge is 0.336 e. The molecule has 1 rings (SSSR count). The van der Waals surface area contributed by atoms with Gasteiger partial charge in [0.1, 0.15) is 0 Å². The molecule has 1 unspecified atom stereocenters. The van der Waals surface area contributed by atoms with E-state index in [1.54, 1.807) is 4.90 Å². The van der Waals surface area contributed by atoms with Crippen LogP contribution in [-0.4, -0.2) is 23.4 Å². The van der Waals surface area contributed by atoms with Gasteiger partial charge in [0.2, 0.25) is 5.91 Å². The van der Waals surface area contributed by atoms with Crippen molar-refractivity contribution in [1.29, 1.82) is 0 Å². The third kappa shape index (κ3) is 4.76. The van der Waals surface area contributed by atoms with E-state index in [9.17, 15) is 4.79 Å². The summed E-state index contributed by atoms with van der Waals surface area (Å²) in [6.45, 7) is 7.12. The van der Waals surface area contributed by atoms with Crippen LogP contribution in [0.4, 0.5) is 0 Å². The first-order chi connectivity index (χ1) is 7.95. The number of carbonyl (C=O) groups is 1. The molecule has 0 aliphatic carbocycles. The van der Waals surface area contributed by atoms with Gasteiger partial charge in [0.15, 0.2) is 0 Å². The number of amides is 1. The number of hydrogen-bond acceptors (Lipinski definition) is 3. The SMILES string of the molecule is CCN(Cc1ccc(Cl)s1)C(=O)C(N)C(C)C.Cl. The molecule has 0 saturated heterocycles. The molecule has 0 saturated carbocycles. The van der Waals surface area contributed by atoms with Gasteiger partial charge in [-0.25, -0.2) is 0 Å². The van der Waals surface area contributed by atoms with Crippen molar-refractivity contribution in [2.75, 3.05) is 6.54 Å². The fourth-order valence-corrected chi connectivity index (χ4v) is 2.57. The van der Waals surface area contributed by atoms with Crippen molar-refractivity contribution in [3.8, 4) is 0 Å². The highest BCUT2D eigenvalue weighted by Crippen LogP contribution is 2.23. The molecule has 1 aromatic rings. The number of rotatable bonds is 5. The molecule has 1 aromatic heterocycles. The van der Waals surface area contributed by atoms with Crippen molar-refractivity contribution in [3.63, 3.8) is 0 Å². The minimum Gasteiger partial charge on any atom is -0.336 e. The van der Waals surface area contributed by atoms with Crippen LogP contribution in [0.5, 0.6) is 0 Å². The van der Waals surface area contributed by atoms with Gasteiger partial charge in [0.25, 0.3) is 0 Å². The van der Waals surface area contributed by atoms with E-state index in [1.807, 2.05) is 32.9 Å². The zero-order valence-corrected chi connectivity index (χ0v) is 13.2. The molecule has 104 valence electrons. The molecule has 1 amide bonds. The first-order valence-corrected chi connectivity index (χ1v) is 6.93. The summed E-state index contributed by atoms with van der Waals surface area (Å²) < 4.78 is 0.747. The van der Waals surface area contributed by atoms with Crippen LogP contribution in [-0.2, 0) is 11.3 Å². The van der Waals surface area contributed by atoms with Crippen LogP contribution in [0.25, 0.3) is 0 Å².